The molecule has 0 spiro atoms. The number of hydrogen-bond acceptors (Lipinski definition) is 5. The van der Waals surface area contributed by atoms with Gasteiger partial charge >= 0.3 is 6.18 Å². The molecule has 2 heterocycles. The number of carbonyl (C=O) groups excluding carboxylic acids is 2. The van der Waals surface area contributed by atoms with Crippen molar-refractivity contribution in [1.82, 2.24) is 14.5 Å². The van der Waals surface area contributed by atoms with Gasteiger partial charge in [-0.05, 0) is 72.5 Å². The number of carbonyl (C=O) groups is 2. The minimum atomic E-state index is -4.70. The number of halogens is 4. The standard InChI is InChI=1S/C34H33F4N5O3/c1-5-20(2)31(44)40-28-18-39-30(23-7-6-8-24(15-23)32(45)41(3)4)43(33(28)46)19-21-13-25(34(36,37)38)17-27(14-21)42-12-11-22-16-26(35)9-10-29(22)42/h6-10,13-18,20H,5,11-12,19H2,1-4H3,(H,40,44)/t20-/m1/s1. The quantitative estimate of drug-likeness (QED) is 0.224. The highest BCUT2D eigenvalue weighted by Gasteiger charge is 2.33. The molecule has 1 aliphatic rings. The molecule has 46 heavy (non-hydrogen) atoms. The van der Waals surface area contributed by atoms with E-state index in [0.717, 1.165) is 12.1 Å². The summed E-state index contributed by atoms with van der Waals surface area (Å²) in [5.41, 5.74) is 0.647. The Bertz CT molecular complexity index is 1870. The molecule has 0 saturated carbocycles. The molecule has 2 amide bonds. The Hall–Kier alpha value is -5.00. The summed E-state index contributed by atoms with van der Waals surface area (Å²) in [7, 11) is 3.19. The van der Waals surface area contributed by atoms with Gasteiger partial charge in [0.1, 0.15) is 17.3 Å². The largest absolute Gasteiger partial charge is 0.416 e. The maximum atomic E-state index is 14.2. The number of nitrogens with one attached hydrogen (secondary N) is 1. The topological polar surface area (TPSA) is 87.5 Å². The Morgan fingerprint density at radius 3 is 2.52 bits per heavy atom. The predicted octanol–water partition coefficient (Wildman–Crippen LogP) is 6.50. The molecule has 1 N–H and O–H groups in total. The van der Waals surface area contributed by atoms with Gasteiger partial charge in [-0.15, -0.1) is 0 Å². The van der Waals surface area contributed by atoms with E-state index >= 15 is 0 Å². The zero-order chi connectivity index (χ0) is 33.3. The average Bonchev–Trinajstić information content (AvgIpc) is 3.44. The Morgan fingerprint density at radius 1 is 1.07 bits per heavy atom. The Balaban J connectivity index is 1.65. The maximum absolute atomic E-state index is 14.2. The summed E-state index contributed by atoms with van der Waals surface area (Å²) in [6.45, 7) is 3.54. The van der Waals surface area contributed by atoms with Crippen LogP contribution in [0.25, 0.3) is 11.4 Å². The van der Waals surface area contributed by atoms with Crippen molar-refractivity contribution < 1.29 is 27.2 Å². The molecular formula is C34H33F4N5O3. The normalized spacial score (nSPS) is 13.3. The summed E-state index contributed by atoms with van der Waals surface area (Å²) in [6.07, 6.45) is -2.51. The van der Waals surface area contributed by atoms with Crippen LogP contribution in [0, 0.1) is 11.7 Å². The number of aromatic nitrogens is 2. The van der Waals surface area contributed by atoms with Gasteiger partial charge in [-0.2, -0.15) is 13.2 Å². The molecule has 8 nitrogen and oxygen atoms in total. The van der Waals surface area contributed by atoms with Gasteiger partial charge in [0.2, 0.25) is 5.91 Å². The summed E-state index contributed by atoms with van der Waals surface area (Å²) in [5.74, 6) is -1.42. The molecular weight excluding hydrogens is 602 g/mol. The second-order valence-electron chi connectivity index (χ2n) is 11.5. The lowest BCUT2D eigenvalue weighted by molar-refractivity contribution is -0.137. The number of rotatable bonds is 8. The number of nitrogens with zero attached hydrogens (tertiary/aromatic N) is 4. The number of fused-ring (bicyclic) bond motifs is 1. The van der Waals surface area contributed by atoms with E-state index in [1.165, 1.54) is 33.9 Å². The molecule has 5 rings (SSSR count). The van der Waals surface area contributed by atoms with Crippen molar-refractivity contribution in [2.24, 2.45) is 5.92 Å². The first-order chi connectivity index (χ1) is 21.8. The Labute approximate surface area is 263 Å². The third kappa shape index (κ3) is 6.65. The molecule has 3 aromatic carbocycles. The lowest BCUT2D eigenvalue weighted by atomic mass is 10.1. The van der Waals surface area contributed by atoms with Gasteiger partial charge in [0.05, 0.1) is 18.3 Å². The molecule has 12 heteroatoms. The summed E-state index contributed by atoms with van der Waals surface area (Å²) < 4.78 is 57.7. The second kappa shape index (κ2) is 12.8. The SMILES string of the molecule is CC[C@@H](C)C(=O)Nc1cnc(-c2cccc(C(=O)N(C)C)c2)n(Cc2cc(N3CCc4cc(F)ccc43)cc(C(F)(F)F)c2)c1=O. The number of anilines is 3. The van der Waals surface area contributed by atoms with Gasteiger partial charge < -0.3 is 15.1 Å². The smallest absolute Gasteiger partial charge is 0.345 e. The summed E-state index contributed by atoms with van der Waals surface area (Å²) >= 11 is 0. The third-order valence-corrected chi connectivity index (χ3v) is 8.03. The van der Waals surface area contributed by atoms with E-state index in [0.29, 0.717) is 41.8 Å². The van der Waals surface area contributed by atoms with Crippen LogP contribution in [0.5, 0.6) is 0 Å². The van der Waals surface area contributed by atoms with Crippen molar-refractivity contribution in [2.75, 3.05) is 30.9 Å². The molecule has 0 bridgehead atoms. The zero-order valence-electron chi connectivity index (χ0n) is 25.8. The van der Waals surface area contributed by atoms with Crippen LogP contribution < -0.4 is 15.8 Å². The van der Waals surface area contributed by atoms with Crippen molar-refractivity contribution in [3.8, 4) is 11.4 Å². The van der Waals surface area contributed by atoms with Gasteiger partial charge in [-0.3, -0.25) is 19.0 Å². The average molecular weight is 636 g/mol. The first kappa shape index (κ1) is 32.4. The first-order valence-corrected chi connectivity index (χ1v) is 14.8. The molecule has 4 aromatic rings. The van der Waals surface area contributed by atoms with Crippen LogP contribution >= 0.6 is 0 Å². The molecule has 1 atom stereocenters. The number of benzene rings is 3. The minimum Gasteiger partial charge on any atom is -0.345 e. The van der Waals surface area contributed by atoms with Crippen LogP contribution in [0.3, 0.4) is 0 Å². The Morgan fingerprint density at radius 2 is 1.83 bits per heavy atom. The van der Waals surface area contributed by atoms with Crippen LogP contribution in [0.15, 0.2) is 71.7 Å². The van der Waals surface area contributed by atoms with E-state index in [1.54, 1.807) is 56.3 Å². The molecule has 0 fully saturated rings. The lowest BCUT2D eigenvalue weighted by Crippen LogP contribution is -2.30. The predicted molar refractivity (Wildman–Crippen MR) is 168 cm³/mol. The van der Waals surface area contributed by atoms with Gasteiger partial charge in [-0.1, -0.05) is 26.0 Å². The van der Waals surface area contributed by atoms with Crippen molar-refractivity contribution in [1.29, 1.82) is 0 Å². The van der Waals surface area contributed by atoms with E-state index in [4.69, 9.17) is 0 Å². The highest BCUT2D eigenvalue weighted by atomic mass is 19.4. The monoisotopic (exact) mass is 635 g/mol. The van der Waals surface area contributed by atoms with Gasteiger partial charge in [0.15, 0.2) is 0 Å². The molecule has 0 unspecified atom stereocenters. The van der Waals surface area contributed by atoms with E-state index in [1.807, 2.05) is 6.92 Å². The van der Waals surface area contributed by atoms with Crippen LogP contribution in [-0.2, 0) is 23.9 Å². The van der Waals surface area contributed by atoms with Crippen molar-refractivity contribution in [3.63, 3.8) is 0 Å². The van der Waals surface area contributed by atoms with Gasteiger partial charge in [0, 0.05) is 49.1 Å². The summed E-state index contributed by atoms with van der Waals surface area (Å²) in [4.78, 5) is 46.8. The highest BCUT2D eigenvalue weighted by Crippen LogP contribution is 2.39. The fraction of sp³-hybridized carbons (Fsp3) is 0.294. The summed E-state index contributed by atoms with van der Waals surface area (Å²) in [5, 5.41) is 2.60. The fourth-order valence-electron chi connectivity index (χ4n) is 5.35. The zero-order valence-corrected chi connectivity index (χ0v) is 25.8. The number of hydrogen-bond donors (Lipinski definition) is 1. The molecule has 240 valence electrons. The fourth-order valence-corrected chi connectivity index (χ4v) is 5.35. The van der Waals surface area contributed by atoms with Crippen LogP contribution in [0.4, 0.5) is 34.6 Å². The molecule has 1 aliphatic heterocycles. The van der Waals surface area contributed by atoms with Crippen molar-refractivity contribution >= 4 is 28.9 Å². The number of alkyl halides is 3. The van der Waals surface area contributed by atoms with Gasteiger partial charge in [0.25, 0.3) is 11.5 Å². The van der Waals surface area contributed by atoms with Crippen LogP contribution in [0.1, 0.15) is 47.3 Å². The van der Waals surface area contributed by atoms with Crippen LogP contribution in [0.2, 0.25) is 0 Å². The van der Waals surface area contributed by atoms with E-state index in [2.05, 4.69) is 10.3 Å². The van der Waals surface area contributed by atoms with E-state index in [-0.39, 0.29) is 35.2 Å². The first-order valence-electron chi connectivity index (χ1n) is 14.8. The van der Waals surface area contributed by atoms with E-state index < -0.39 is 34.9 Å². The van der Waals surface area contributed by atoms with Crippen molar-refractivity contribution in [2.45, 2.75) is 39.4 Å². The molecule has 0 saturated heterocycles. The molecule has 1 aromatic heterocycles. The molecule has 0 aliphatic carbocycles. The minimum absolute atomic E-state index is 0.0981. The highest BCUT2D eigenvalue weighted by molar-refractivity contribution is 5.95. The van der Waals surface area contributed by atoms with Crippen LogP contribution in [-0.4, -0.2) is 46.9 Å². The van der Waals surface area contributed by atoms with Crippen molar-refractivity contribution in [3.05, 3.63) is 105 Å². The Kier molecular flexibility index (Phi) is 9.00. The summed E-state index contributed by atoms with van der Waals surface area (Å²) in [6, 6.07) is 14.1. The maximum Gasteiger partial charge on any atom is 0.416 e. The number of amides is 2. The van der Waals surface area contributed by atoms with Gasteiger partial charge in [-0.25, -0.2) is 9.37 Å². The third-order valence-electron chi connectivity index (χ3n) is 8.03. The van der Waals surface area contributed by atoms with E-state index in [9.17, 15) is 31.9 Å². The second-order valence-corrected chi connectivity index (χ2v) is 11.5. The lowest BCUT2D eigenvalue weighted by Gasteiger charge is -2.23. The molecule has 0 radical (unpaired) electrons.